The molecule has 1 saturated heterocycles. The molecule has 1 fully saturated rings. The third-order valence-electron chi connectivity index (χ3n) is 2.98. The number of nitrogens with one attached hydrogen (secondary N) is 1. The lowest BCUT2D eigenvalue weighted by atomic mass is 9.96. The van der Waals surface area contributed by atoms with Gasteiger partial charge in [-0.2, -0.15) is 0 Å². The molecule has 4 heteroatoms. The predicted molar refractivity (Wildman–Crippen MR) is 68.0 cm³/mol. The van der Waals surface area contributed by atoms with Crippen molar-refractivity contribution in [2.24, 2.45) is 0 Å². The molecule has 0 aliphatic carbocycles. The van der Waals surface area contributed by atoms with Gasteiger partial charge in [0.15, 0.2) is 0 Å². The Morgan fingerprint density at radius 1 is 1.38 bits per heavy atom. The summed E-state index contributed by atoms with van der Waals surface area (Å²) < 4.78 is 13.7. The van der Waals surface area contributed by atoms with Crippen molar-refractivity contribution in [3.8, 4) is 0 Å². The van der Waals surface area contributed by atoms with Crippen molar-refractivity contribution in [1.29, 1.82) is 0 Å². The van der Waals surface area contributed by atoms with Crippen LogP contribution in [0.3, 0.4) is 0 Å². The monoisotopic (exact) mass is 263 g/mol. The lowest BCUT2D eigenvalue weighted by molar-refractivity contribution is 0.400. The number of benzene rings is 1. The van der Waals surface area contributed by atoms with E-state index >= 15 is 0 Å². The van der Waals surface area contributed by atoms with Crippen LogP contribution in [0.2, 0.25) is 5.02 Å². The summed E-state index contributed by atoms with van der Waals surface area (Å²) >= 11 is 6.15. The zero-order valence-electron chi connectivity index (χ0n) is 9.22. The molecule has 1 atom stereocenters. The second-order valence-electron chi connectivity index (χ2n) is 4.09. The van der Waals surface area contributed by atoms with Crippen molar-refractivity contribution in [3.63, 3.8) is 0 Å². The first-order valence-electron chi connectivity index (χ1n) is 5.38. The third-order valence-corrected chi connectivity index (χ3v) is 3.48. The number of piperidine rings is 1. The van der Waals surface area contributed by atoms with E-state index in [1.807, 2.05) is 6.92 Å². The van der Waals surface area contributed by atoms with E-state index in [9.17, 15) is 4.39 Å². The van der Waals surface area contributed by atoms with Crippen LogP contribution in [0, 0.1) is 12.7 Å². The van der Waals surface area contributed by atoms with Crippen LogP contribution >= 0.6 is 24.0 Å². The Morgan fingerprint density at radius 2 is 2.12 bits per heavy atom. The van der Waals surface area contributed by atoms with Crippen LogP contribution in [0.1, 0.15) is 36.4 Å². The molecule has 1 aromatic carbocycles. The highest BCUT2D eigenvalue weighted by atomic mass is 35.5. The quantitative estimate of drug-likeness (QED) is 0.807. The standard InChI is InChI=1S/C12H15ClFN.ClH/c1-8-5-6-9(14)11(12(8)13)10-4-2-3-7-15-10;/h5-6,10,15H,2-4,7H2,1H3;1H/t10-;/m0./s1. The Labute approximate surface area is 107 Å². The van der Waals surface area contributed by atoms with Gasteiger partial charge in [0.25, 0.3) is 0 Å². The van der Waals surface area contributed by atoms with Gasteiger partial charge < -0.3 is 5.32 Å². The van der Waals surface area contributed by atoms with Crippen LogP contribution in [-0.2, 0) is 0 Å². The van der Waals surface area contributed by atoms with Gasteiger partial charge in [0.1, 0.15) is 5.82 Å². The summed E-state index contributed by atoms with van der Waals surface area (Å²) in [6.45, 7) is 2.86. The zero-order chi connectivity index (χ0) is 10.8. The SMILES string of the molecule is Cc1ccc(F)c([C@@H]2CCCCN2)c1Cl.Cl. The smallest absolute Gasteiger partial charge is 0.129 e. The maximum Gasteiger partial charge on any atom is 0.129 e. The molecule has 1 aromatic rings. The van der Waals surface area contributed by atoms with Crippen LogP contribution in [0.5, 0.6) is 0 Å². The molecule has 0 amide bonds. The van der Waals surface area contributed by atoms with Crippen molar-refractivity contribution < 1.29 is 4.39 Å². The van der Waals surface area contributed by atoms with Crippen molar-refractivity contribution >= 4 is 24.0 Å². The van der Waals surface area contributed by atoms with Crippen molar-refractivity contribution in [2.45, 2.75) is 32.2 Å². The summed E-state index contributed by atoms with van der Waals surface area (Å²) in [5.74, 6) is -0.190. The van der Waals surface area contributed by atoms with E-state index in [0.29, 0.717) is 10.6 Å². The first-order valence-corrected chi connectivity index (χ1v) is 5.76. The first-order chi connectivity index (χ1) is 7.20. The molecule has 0 aromatic heterocycles. The van der Waals surface area contributed by atoms with E-state index < -0.39 is 0 Å². The van der Waals surface area contributed by atoms with Gasteiger partial charge in [-0.3, -0.25) is 0 Å². The molecule has 90 valence electrons. The van der Waals surface area contributed by atoms with E-state index in [2.05, 4.69) is 5.32 Å². The molecule has 0 bridgehead atoms. The fraction of sp³-hybridized carbons (Fsp3) is 0.500. The molecule has 1 N–H and O–H groups in total. The molecule has 1 aliphatic heterocycles. The molecule has 0 radical (unpaired) electrons. The third kappa shape index (κ3) is 2.68. The molecule has 1 aliphatic rings. The van der Waals surface area contributed by atoms with Gasteiger partial charge >= 0.3 is 0 Å². The molecular weight excluding hydrogens is 248 g/mol. The minimum absolute atomic E-state index is 0. The highest BCUT2D eigenvalue weighted by molar-refractivity contribution is 6.32. The molecule has 2 rings (SSSR count). The zero-order valence-corrected chi connectivity index (χ0v) is 10.8. The minimum Gasteiger partial charge on any atom is -0.310 e. The maximum atomic E-state index is 13.7. The van der Waals surface area contributed by atoms with E-state index in [4.69, 9.17) is 11.6 Å². The Balaban J connectivity index is 0.00000128. The van der Waals surface area contributed by atoms with Gasteiger partial charge in [0, 0.05) is 11.6 Å². The summed E-state index contributed by atoms with van der Waals surface area (Å²) in [7, 11) is 0. The highest BCUT2D eigenvalue weighted by Gasteiger charge is 2.21. The fourth-order valence-electron chi connectivity index (χ4n) is 2.10. The number of hydrogen-bond donors (Lipinski definition) is 1. The molecule has 16 heavy (non-hydrogen) atoms. The minimum atomic E-state index is -0.190. The van der Waals surface area contributed by atoms with Gasteiger partial charge in [-0.15, -0.1) is 12.4 Å². The normalized spacial score (nSPS) is 20.3. The largest absolute Gasteiger partial charge is 0.310 e. The maximum absolute atomic E-state index is 13.7. The molecular formula is C12H16Cl2FN. The van der Waals surface area contributed by atoms with Crippen molar-refractivity contribution in [3.05, 3.63) is 34.1 Å². The number of aryl methyl sites for hydroxylation is 1. The molecule has 1 nitrogen and oxygen atoms in total. The van der Waals surface area contributed by atoms with E-state index in [-0.39, 0.29) is 24.3 Å². The van der Waals surface area contributed by atoms with Gasteiger partial charge in [-0.25, -0.2) is 4.39 Å². The molecule has 0 spiro atoms. The van der Waals surface area contributed by atoms with Crippen molar-refractivity contribution in [1.82, 2.24) is 5.32 Å². The van der Waals surface area contributed by atoms with Gasteiger partial charge in [0.2, 0.25) is 0 Å². The number of rotatable bonds is 1. The Kier molecular flexibility index (Phi) is 5.03. The van der Waals surface area contributed by atoms with Gasteiger partial charge in [-0.05, 0) is 37.9 Å². The highest BCUT2D eigenvalue weighted by Crippen LogP contribution is 2.32. The van der Waals surface area contributed by atoms with Crippen LogP contribution in [0.15, 0.2) is 12.1 Å². The summed E-state index contributed by atoms with van der Waals surface area (Å²) in [5, 5.41) is 3.90. The predicted octanol–water partition coefficient (Wildman–Crippen LogP) is 4.02. The van der Waals surface area contributed by atoms with Gasteiger partial charge in [-0.1, -0.05) is 24.1 Å². The van der Waals surface area contributed by atoms with Gasteiger partial charge in [0.05, 0.1) is 5.02 Å². The first kappa shape index (κ1) is 13.8. The Bertz CT molecular complexity index is 362. The molecule has 0 saturated carbocycles. The Morgan fingerprint density at radius 3 is 2.75 bits per heavy atom. The average Bonchev–Trinajstić information content (AvgIpc) is 2.26. The average molecular weight is 264 g/mol. The summed E-state index contributed by atoms with van der Waals surface area (Å²) in [6.07, 6.45) is 3.28. The topological polar surface area (TPSA) is 12.0 Å². The lowest BCUT2D eigenvalue weighted by Crippen LogP contribution is -2.27. The fourth-order valence-corrected chi connectivity index (χ4v) is 2.38. The molecule has 1 heterocycles. The van der Waals surface area contributed by atoms with Crippen LogP contribution < -0.4 is 5.32 Å². The van der Waals surface area contributed by atoms with Crippen LogP contribution in [0.25, 0.3) is 0 Å². The lowest BCUT2D eigenvalue weighted by Gasteiger charge is -2.25. The number of halogens is 3. The van der Waals surface area contributed by atoms with E-state index in [1.54, 1.807) is 6.07 Å². The molecule has 0 unspecified atom stereocenters. The van der Waals surface area contributed by atoms with E-state index in [1.165, 1.54) is 12.5 Å². The second-order valence-corrected chi connectivity index (χ2v) is 4.47. The summed E-state index contributed by atoms with van der Waals surface area (Å²) in [4.78, 5) is 0. The van der Waals surface area contributed by atoms with Crippen molar-refractivity contribution in [2.75, 3.05) is 6.54 Å². The second kappa shape index (κ2) is 5.85. The van der Waals surface area contributed by atoms with Crippen LogP contribution in [-0.4, -0.2) is 6.54 Å². The Hall–Kier alpha value is -0.310. The number of hydrogen-bond acceptors (Lipinski definition) is 1. The van der Waals surface area contributed by atoms with E-state index in [0.717, 1.165) is 24.9 Å². The van der Waals surface area contributed by atoms with Crippen LogP contribution in [0.4, 0.5) is 4.39 Å². The summed E-state index contributed by atoms with van der Waals surface area (Å²) in [5.41, 5.74) is 1.59. The summed E-state index contributed by atoms with van der Waals surface area (Å²) in [6, 6.07) is 3.32.